The van der Waals surface area contributed by atoms with Gasteiger partial charge in [-0.15, -0.1) is 0 Å². The molecule has 4 nitrogen and oxygen atoms in total. The highest BCUT2D eigenvalue weighted by atomic mass is 32.2. The van der Waals surface area contributed by atoms with Gasteiger partial charge in [-0.2, -0.15) is 11.8 Å². The number of amides is 1. The van der Waals surface area contributed by atoms with E-state index in [4.69, 9.17) is 5.11 Å². The predicted molar refractivity (Wildman–Crippen MR) is 71.4 cm³/mol. The normalized spacial score (nSPS) is 17.9. The summed E-state index contributed by atoms with van der Waals surface area (Å²) >= 11 is 1.84. The fourth-order valence-electron chi connectivity index (χ4n) is 1.72. The molecule has 1 aromatic heterocycles. The van der Waals surface area contributed by atoms with E-state index in [1.807, 2.05) is 11.8 Å². The SMILES string of the molecule is O=C(NC1CCSC1)c1ncccc1C#CCO. The molecule has 0 spiro atoms. The number of rotatable bonds is 2. The molecule has 94 valence electrons. The van der Waals surface area contributed by atoms with Gasteiger partial charge < -0.3 is 10.4 Å². The summed E-state index contributed by atoms with van der Waals surface area (Å²) in [5, 5.41) is 11.6. The summed E-state index contributed by atoms with van der Waals surface area (Å²) < 4.78 is 0. The van der Waals surface area contributed by atoms with Gasteiger partial charge in [-0.3, -0.25) is 4.79 Å². The third-order valence-corrected chi connectivity index (χ3v) is 3.75. The molecule has 0 radical (unpaired) electrons. The van der Waals surface area contributed by atoms with Crippen molar-refractivity contribution in [1.82, 2.24) is 10.3 Å². The zero-order valence-corrected chi connectivity index (χ0v) is 10.7. The van der Waals surface area contributed by atoms with Crippen LogP contribution in [0.15, 0.2) is 18.3 Å². The molecule has 5 heteroatoms. The number of hydrogen-bond acceptors (Lipinski definition) is 4. The average molecular weight is 262 g/mol. The summed E-state index contributed by atoms with van der Waals surface area (Å²) in [5.74, 6) is 7.13. The summed E-state index contributed by atoms with van der Waals surface area (Å²) in [5.41, 5.74) is 0.880. The molecule has 1 atom stereocenters. The van der Waals surface area contributed by atoms with Crippen molar-refractivity contribution in [3.05, 3.63) is 29.6 Å². The van der Waals surface area contributed by atoms with Gasteiger partial charge >= 0.3 is 0 Å². The molecule has 2 rings (SSSR count). The third kappa shape index (κ3) is 3.25. The maximum atomic E-state index is 12.1. The van der Waals surface area contributed by atoms with Crippen molar-refractivity contribution >= 4 is 17.7 Å². The van der Waals surface area contributed by atoms with Crippen molar-refractivity contribution in [1.29, 1.82) is 0 Å². The van der Waals surface area contributed by atoms with E-state index in [0.717, 1.165) is 17.9 Å². The number of nitrogens with zero attached hydrogens (tertiary/aromatic N) is 1. The lowest BCUT2D eigenvalue weighted by Gasteiger charge is -2.11. The highest BCUT2D eigenvalue weighted by Gasteiger charge is 2.20. The van der Waals surface area contributed by atoms with Gasteiger partial charge in [0.05, 0.1) is 5.56 Å². The minimum absolute atomic E-state index is 0.190. The smallest absolute Gasteiger partial charge is 0.271 e. The molecule has 1 saturated heterocycles. The van der Waals surface area contributed by atoms with Crippen LogP contribution in [0.3, 0.4) is 0 Å². The Hall–Kier alpha value is -1.51. The Balaban J connectivity index is 2.13. The maximum absolute atomic E-state index is 12.1. The Labute approximate surface area is 110 Å². The molecule has 1 aliphatic rings. The van der Waals surface area contributed by atoms with E-state index >= 15 is 0 Å². The summed E-state index contributed by atoms with van der Waals surface area (Å²) in [6, 6.07) is 3.68. The molecule has 0 aromatic carbocycles. The number of carbonyl (C=O) groups is 1. The molecule has 0 saturated carbocycles. The van der Waals surface area contributed by atoms with E-state index in [1.165, 1.54) is 0 Å². The summed E-state index contributed by atoms with van der Waals surface area (Å²) in [6.45, 7) is -0.227. The minimum atomic E-state index is -0.227. The first-order valence-electron chi connectivity index (χ1n) is 5.74. The molecule has 1 amide bonds. The number of carbonyl (C=O) groups excluding carboxylic acids is 1. The van der Waals surface area contributed by atoms with Crippen LogP contribution in [-0.2, 0) is 0 Å². The van der Waals surface area contributed by atoms with E-state index in [-0.39, 0.29) is 18.6 Å². The maximum Gasteiger partial charge on any atom is 0.271 e. The second kappa shape index (κ2) is 6.43. The fraction of sp³-hybridized carbons (Fsp3) is 0.385. The second-order valence-electron chi connectivity index (χ2n) is 3.89. The van der Waals surface area contributed by atoms with Crippen molar-refractivity contribution in [3.63, 3.8) is 0 Å². The molecular formula is C13H14N2O2S. The van der Waals surface area contributed by atoms with Gasteiger partial charge in [0.1, 0.15) is 12.3 Å². The van der Waals surface area contributed by atoms with Crippen LogP contribution >= 0.6 is 11.8 Å². The topological polar surface area (TPSA) is 62.2 Å². The number of hydrogen-bond donors (Lipinski definition) is 2. The van der Waals surface area contributed by atoms with Crippen molar-refractivity contribution in [2.75, 3.05) is 18.1 Å². The lowest BCUT2D eigenvalue weighted by atomic mass is 10.1. The number of pyridine rings is 1. The molecule has 2 heterocycles. The molecule has 2 N–H and O–H groups in total. The van der Waals surface area contributed by atoms with Crippen molar-refractivity contribution in [2.45, 2.75) is 12.5 Å². The fourth-order valence-corrected chi connectivity index (χ4v) is 2.88. The van der Waals surface area contributed by atoms with Crippen molar-refractivity contribution in [3.8, 4) is 11.8 Å². The van der Waals surface area contributed by atoms with Gasteiger partial charge in [0.2, 0.25) is 0 Å². The van der Waals surface area contributed by atoms with Crippen LogP contribution < -0.4 is 5.32 Å². The first-order valence-corrected chi connectivity index (χ1v) is 6.90. The Morgan fingerprint density at radius 2 is 2.56 bits per heavy atom. The number of nitrogens with one attached hydrogen (secondary N) is 1. The van der Waals surface area contributed by atoms with Gasteiger partial charge in [-0.25, -0.2) is 4.98 Å². The van der Waals surface area contributed by atoms with E-state index < -0.39 is 0 Å². The van der Waals surface area contributed by atoms with E-state index in [1.54, 1.807) is 18.3 Å². The van der Waals surface area contributed by atoms with Crippen LogP contribution in [0.4, 0.5) is 0 Å². The first-order chi connectivity index (χ1) is 8.81. The van der Waals surface area contributed by atoms with Gasteiger partial charge in [0.25, 0.3) is 5.91 Å². The van der Waals surface area contributed by atoms with E-state index in [9.17, 15) is 4.79 Å². The quantitative estimate of drug-likeness (QED) is 0.769. The van der Waals surface area contributed by atoms with Crippen LogP contribution in [0.2, 0.25) is 0 Å². The monoisotopic (exact) mass is 262 g/mol. The molecule has 1 fully saturated rings. The number of aliphatic hydroxyl groups is 1. The van der Waals surface area contributed by atoms with Crippen LogP contribution in [0.1, 0.15) is 22.5 Å². The largest absolute Gasteiger partial charge is 0.384 e. The lowest BCUT2D eigenvalue weighted by molar-refractivity contribution is 0.0936. The molecular weight excluding hydrogens is 248 g/mol. The average Bonchev–Trinajstić information content (AvgIpc) is 2.89. The van der Waals surface area contributed by atoms with Crippen LogP contribution in [0, 0.1) is 11.8 Å². The van der Waals surface area contributed by atoms with Gasteiger partial charge in [-0.05, 0) is 24.3 Å². The molecule has 0 aliphatic carbocycles. The van der Waals surface area contributed by atoms with Gasteiger partial charge in [0, 0.05) is 18.0 Å². The molecule has 1 unspecified atom stereocenters. The van der Waals surface area contributed by atoms with Crippen LogP contribution in [-0.4, -0.2) is 40.2 Å². The van der Waals surface area contributed by atoms with Gasteiger partial charge in [0.15, 0.2) is 0 Å². The minimum Gasteiger partial charge on any atom is -0.384 e. The Morgan fingerprint density at radius 3 is 3.28 bits per heavy atom. The van der Waals surface area contributed by atoms with Crippen molar-refractivity contribution < 1.29 is 9.90 Å². The Morgan fingerprint density at radius 1 is 1.67 bits per heavy atom. The molecule has 18 heavy (non-hydrogen) atoms. The molecule has 0 bridgehead atoms. The molecule has 1 aromatic rings. The second-order valence-corrected chi connectivity index (χ2v) is 5.04. The third-order valence-electron chi connectivity index (χ3n) is 2.59. The Bertz CT molecular complexity index is 487. The summed E-state index contributed by atoms with van der Waals surface area (Å²) in [6.07, 6.45) is 2.57. The van der Waals surface area contributed by atoms with E-state index in [0.29, 0.717) is 11.3 Å². The molecule has 1 aliphatic heterocycles. The number of aromatic nitrogens is 1. The summed E-state index contributed by atoms with van der Waals surface area (Å²) in [7, 11) is 0. The van der Waals surface area contributed by atoms with Crippen LogP contribution in [0.5, 0.6) is 0 Å². The highest BCUT2D eigenvalue weighted by molar-refractivity contribution is 7.99. The predicted octanol–water partition coefficient (Wildman–Crippen LogP) is 0.661. The summed E-state index contributed by atoms with van der Waals surface area (Å²) in [4.78, 5) is 16.1. The zero-order valence-electron chi connectivity index (χ0n) is 9.85. The number of aliphatic hydroxyl groups excluding tert-OH is 1. The standard InChI is InChI=1S/C13H14N2O2S/c16-7-2-4-10-3-1-6-14-12(10)13(17)15-11-5-8-18-9-11/h1,3,6,11,16H,5,7-9H2,(H,15,17). The first kappa shape index (κ1) is 12.9. The lowest BCUT2D eigenvalue weighted by Crippen LogP contribution is -2.35. The zero-order chi connectivity index (χ0) is 12.8. The number of thioether (sulfide) groups is 1. The van der Waals surface area contributed by atoms with E-state index in [2.05, 4.69) is 22.1 Å². The highest BCUT2D eigenvalue weighted by Crippen LogP contribution is 2.17. The van der Waals surface area contributed by atoms with Crippen molar-refractivity contribution in [2.24, 2.45) is 0 Å². The van der Waals surface area contributed by atoms with Gasteiger partial charge in [-0.1, -0.05) is 11.8 Å². The van der Waals surface area contributed by atoms with Crippen LogP contribution in [0.25, 0.3) is 0 Å². The Kier molecular flexibility index (Phi) is 4.62.